The first-order valence-electron chi connectivity index (χ1n) is 9.83. The molecule has 0 aliphatic heterocycles. The van der Waals surface area contributed by atoms with Crippen molar-refractivity contribution in [2.75, 3.05) is 7.05 Å². The molecule has 0 aromatic rings. The summed E-state index contributed by atoms with van der Waals surface area (Å²) in [5.41, 5.74) is 1.94. The van der Waals surface area contributed by atoms with Crippen molar-refractivity contribution in [3.8, 4) is 0 Å². The Morgan fingerprint density at radius 1 is 0.966 bits per heavy atom. The fourth-order valence-corrected chi connectivity index (χ4v) is 3.02. The zero-order chi connectivity index (χ0) is 21.6. The number of amides is 2. The average Bonchev–Trinajstić information content (AvgIpc) is 2.71. The van der Waals surface area contributed by atoms with E-state index in [1.165, 1.54) is 12.5 Å². The highest BCUT2D eigenvalue weighted by Gasteiger charge is 2.17. The molecule has 1 aliphatic carbocycles. The van der Waals surface area contributed by atoms with Crippen molar-refractivity contribution in [2.24, 2.45) is 0 Å². The lowest BCUT2D eigenvalue weighted by molar-refractivity contribution is -0.116. The average molecular weight is 397 g/mol. The lowest BCUT2D eigenvalue weighted by atomic mass is 9.96. The molecule has 1 fully saturated rings. The number of carbonyl (C=O) groups is 2. The molecule has 1 aliphatic rings. The molecule has 1 rings (SSSR count). The second kappa shape index (κ2) is 13.2. The summed E-state index contributed by atoms with van der Waals surface area (Å²) in [6.45, 7) is 12.9. The molecule has 2 amide bonds. The first-order chi connectivity index (χ1) is 13.9. The van der Waals surface area contributed by atoms with Crippen LogP contribution in [0.15, 0.2) is 84.7 Å². The molecule has 0 radical (unpaired) electrons. The molecule has 0 atom stereocenters. The Morgan fingerprint density at radius 3 is 2.17 bits per heavy atom. The minimum atomic E-state index is -0.476. The Labute approximate surface area is 174 Å². The fraction of sp³-hybridized carbons (Fsp3) is 0.333. The van der Waals surface area contributed by atoms with E-state index in [2.05, 4.69) is 30.4 Å². The van der Waals surface area contributed by atoms with Gasteiger partial charge in [0.15, 0.2) is 0 Å². The van der Waals surface area contributed by atoms with E-state index >= 15 is 0 Å². The molecule has 0 unspecified atom stereocenters. The molecule has 0 spiro atoms. The number of allylic oxidation sites excluding steroid dienone is 8. The Morgan fingerprint density at radius 2 is 1.62 bits per heavy atom. The van der Waals surface area contributed by atoms with Gasteiger partial charge in [0, 0.05) is 18.7 Å². The van der Waals surface area contributed by atoms with Crippen LogP contribution in [-0.2, 0) is 9.53 Å². The van der Waals surface area contributed by atoms with Crippen LogP contribution in [0.5, 0.6) is 0 Å². The van der Waals surface area contributed by atoms with E-state index in [1.807, 2.05) is 6.92 Å². The van der Waals surface area contributed by atoms with Gasteiger partial charge < -0.3 is 15.4 Å². The molecule has 0 bridgehead atoms. The Hall–Kier alpha value is -3.08. The van der Waals surface area contributed by atoms with E-state index in [-0.39, 0.29) is 11.9 Å². The summed E-state index contributed by atoms with van der Waals surface area (Å²) in [6.07, 6.45) is 16.4. The van der Waals surface area contributed by atoms with Gasteiger partial charge in [0.1, 0.15) is 5.76 Å². The van der Waals surface area contributed by atoms with Crippen molar-refractivity contribution < 1.29 is 14.3 Å². The molecular formula is C24H32N2O3. The molecule has 156 valence electrons. The summed E-state index contributed by atoms with van der Waals surface area (Å²) in [5, 5.41) is 5.50. The minimum absolute atomic E-state index is 0.160. The predicted molar refractivity (Wildman–Crippen MR) is 119 cm³/mol. The molecular weight excluding hydrogens is 364 g/mol. The normalized spacial score (nSPS) is 16.6. The van der Waals surface area contributed by atoms with Crippen LogP contribution in [0.2, 0.25) is 0 Å². The molecule has 0 aromatic carbocycles. The van der Waals surface area contributed by atoms with E-state index in [0.717, 1.165) is 36.8 Å². The molecule has 2 N–H and O–H groups in total. The van der Waals surface area contributed by atoms with E-state index < -0.39 is 6.09 Å². The van der Waals surface area contributed by atoms with E-state index in [9.17, 15) is 9.59 Å². The second-order valence-electron chi connectivity index (χ2n) is 6.74. The van der Waals surface area contributed by atoms with Crippen molar-refractivity contribution in [3.05, 3.63) is 84.7 Å². The number of alkyl carbamates (subject to hydrolysis) is 1. The fourth-order valence-electron chi connectivity index (χ4n) is 3.02. The van der Waals surface area contributed by atoms with Crippen molar-refractivity contribution in [1.82, 2.24) is 10.6 Å². The zero-order valence-electron chi connectivity index (χ0n) is 17.5. The van der Waals surface area contributed by atoms with Crippen LogP contribution >= 0.6 is 0 Å². The van der Waals surface area contributed by atoms with Crippen LogP contribution in [0.4, 0.5) is 4.79 Å². The predicted octanol–water partition coefficient (Wildman–Crippen LogP) is 5.03. The first-order valence-corrected chi connectivity index (χ1v) is 9.83. The summed E-state index contributed by atoms with van der Waals surface area (Å²) in [7, 11) is 1.56. The van der Waals surface area contributed by atoms with Gasteiger partial charge in [-0.05, 0) is 49.1 Å². The molecule has 0 heterocycles. The van der Waals surface area contributed by atoms with Gasteiger partial charge in [-0.3, -0.25) is 4.79 Å². The second-order valence-corrected chi connectivity index (χ2v) is 6.74. The van der Waals surface area contributed by atoms with Gasteiger partial charge in [-0.25, -0.2) is 4.79 Å². The zero-order valence-corrected chi connectivity index (χ0v) is 17.5. The quantitative estimate of drug-likeness (QED) is 0.326. The number of ether oxygens (including phenoxy) is 1. The number of hydrogen-bond acceptors (Lipinski definition) is 3. The first kappa shape index (κ1) is 24.0. The number of nitrogens with one attached hydrogen (secondary N) is 2. The third kappa shape index (κ3) is 8.64. The molecule has 0 saturated heterocycles. The lowest BCUT2D eigenvalue weighted by Crippen LogP contribution is -2.36. The molecule has 5 nitrogen and oxygen atoms in total. The van der Waals surface area contributed by atoms with Crippen LogP contribution in [0.1, 0.15) is 39.0 Å². The molecule has 29 heavy (non-hydrogen) atoms. The SMILES string of the molecule is C=CC=C(/C=C(\C=C)C(=O)NC)/C(C)=C/C(=C\C=C)OC(=O)NC1CCCCC1. The smallest absolute Gasteiger partial charge is 0.410 e. The summed E-state index contributed by atoms with van der Waals surface area (Å²) in [4.78, 5) is 24.2. The maximum Gasteiger partial charge on any atom is 0.412 e. The van der Waals surface area contributed by atoms with Crippen LogP contribution in [0.3, 0.4) is 0 Å². The number of rotatable bonds is 9. The van der Waals surface area contributed by atoms with Gasteiger partial charge in [-0.2, -0.15) is 0 Å². The van der Waals surface area contributed by atoms with Crippen molar-refractivity contribution in [3.63, 3.8) is 0 Å². The highest BCUT2D eigenvalue weighted by molar-refractivity contribution is 5.96. The van der Waals surface area contributed by atoms with E-state index in [1.54, 1.807) is 43.5 Å². The topological polar surface area (TPSA) is 67.4 Å². The Balaban J connectivity index is 3.01. The van der Waals surface area contributed by atoms with Gasteiger partial charge in [-0.1, -0.05) is 63.3 Å². The van der Waals surface area contributed by atoms with Crippen LogP contribution < -0.4 is 10.6 Å². The number of likely N-dealkylation sites (N-methyl/N-ethyl adjacent to an activating group) is 1. The van der Waals surface area contributed by atoms with E-state index in [4.69, 9.17) is 4.74 Å². The third-order valence-corrected chi connectivity index (χ3v) is 4.55. The highest BCUT2D eigenvalue weighted by atomic mass is 16.6. The molecule has 1 saturated carbocycles. The third-order valence-electron chi connectivity index (χ3n) is 4.55. The van der Waals surface area contributed by atoms with Crippen LogP contribution in [0.25, 0.3) is 0 Å². The number of carbonyl (C=O) groups excluding carboxylic acids is 2. The van der Waals surface area contributed by atoms with Crippen LogP contribution in [-0.4, -0.2) is 25.1 Å². The largest absolute Gasteiger partial charge is 0.412 e. The van der Waals surface area contributed by atoms with Gasteiger partial charge >= 0.3 is 6.09 Å². The van der Waals surface area contributed by atoms with Crippen molar-refractivity contribution in [2.45, 2.75) is 45.1 Å². The summed E-state index contributed by atoms with van der Waals surface area (Å²) >= 11 is 0. The maximum atomic E-state index is 12.3. The van der Waals surface area contributed by atoms with Crippen LogP contribution in [0, 0.1) is 0 Å². The van der Waals surface area contributed by atoms with Crippen molar-refractivity contribution >= 4 is 12.0 Å². The molecule has 5 heteroatoms. The lowest BCUT2D eigenvalue weighted by Gasteiger charge is -2.22. The van der Waals surface area contributed by atoms with Gasteiger partial charge in [0.2, 0.25) is 0 Å². The molecule has 0 aromatic heterocycles. The Bertz CT molecular complexity index is 748. The monoisotopic (exact) mass is 396 g/mol. The van der Waals surface area contributed by atoms with Gasteiger partial charge in [-0.15, -0.1) is 0 Å². The minimum Gasteiger partial charge on any atom is -0.410 e. The maximum absolute atomic E-state index is 12.3. The summed E-state index contributed by atoms with van der Waals surface area (Å²) in [6, 6.07) is 0.160. The summed E-state index contributed by atoms with van der Waals surface area (Å²) < 4.78 is 5.48. The van der Waals surface area contributed by atoms with Gasteiger partial charge in [0.25, 0.3) is 5.91 Å². The number of hydrogen-bond donors (Lipinski definition) is 2. The summed E-state index contributed by atoms with van der Waals surface area (Å²) in [5.74, 6) is 0.113. The highest BCUT2D eigenvalue weighted by Crippen LogP contribution is 2.19. The van der Waals surface area contributed by atoms with Gasteiger partial charge in [0.05, 0.1) is 0 Å². The van der Waals surface area contributed by atoms with Crippen molar-refractivity contribution in [1.29, 1.82) is 0 Å². The standard InChI is InChI=1S/C24H32N2O3/c1-6-12-20(17-19(8-3)23(27)25-5)18(4)16-22(13-7-2)29-24(28)26-21-14-10-9-11-15-21/h6-8,12-13,16-17,21H,1-3,9-11,14-15H2,4-5H3,(H,25,27)(H,26,28)/b18-16+,19-17+,20-12?,22-13+. The Kier molecular flexibility index (Phi) is 10.9. The van der Waals surface area contributed by atoms with E-state index in [0.29, 0.717) is 11.3 Å².